The Morgan fingerprint density at radius 3 is 2.45 bits per heavy atom. The number of rotatable bonds is 11. The number of nitrogens with two attached hydrogens (primary N) is 1. The minimum absolute atomic E-state index is 0.00602. The van der Waals surface area contributed by atoms with E-state index in [2.05, 4.69) is 0 Å². The molecule has 0 aliphatic carbocycles. The molecule has 10 heteroatoms. The summed E-state index contributed by atoms with van der Waals surface area (Å²) in [7, 11) is -4.37. The van der Waals surface area contributed by atoms with Gasteiger partial charge in [0.15, 0.2) is 0 Å². The number of hydrogen-bond donors (Lipinski definition) is 2. The molecule has 2 saturated heterocycles. The average molecular weight is 439 g/mol. The maximum Gasteiger partial charge on any atom is 0.472 e. The molecule has 0 bridgehead atoms. The van der Waals surface area contributed by atoms with Crippen molar-refractivity contribution >= 4 is 7.82 Å². The second-order valence-electron chi connectivity index (χ2n) is 8.60. The zero-order chi connectivity index (χ0) is 21.8. The molecule has 0 amide bonds. The Labute approximate surface area is 174 Å². The largest absolute Gasteiger partial charge is 0.472 e. The average Bonchev–Trinajstić information content (AvgIpc) is 3.09. The van der Waals surface area contributed by atoms with E-state index < -0.39 is 25.6 Å². The summed E-state index contributed by atoms with van der Waals surface area (Å²) in [5.74, 6) is 0. The van der Waals surface area contributed by atoms with Crippen molar-refractivity contribution in [3.63, 3.8) is 0 Å². The van der Waals surface area contributed by atoms with Gasteiger partial charge in [0, 0.05) is 19.4 Å². The van der Waals surface area contributed by atoms with Gasteiger partial charge in [-0.05, 0) is 41.5 Å². The van der Waals surface area contributed by atoms with Crippen LogP contribution >= 0.6 is 7.82 Å². The lowest BCUT2D eigenvalue weighted by atomic mass is 9.97. The van der Waals surface area contributed by atoms with Gasteiger partial charge in [0.1, 0.15) is 17.8 Å². The second-order valence-corrected chi connectivity index (χ2v) is 10.0. The highest BCUT2D eigenvalue weighted by molar-refractivity contribution is 7.47. The summed E-state index contributed by atoms with van der Waals surface area (Å²) in [5, 5.41) is 0. The molecule has 2 aliphatic heterocycles. The second kappa shape index (κ2) is 10.5. The van der Waals surface area contributed by atoms with Crippen molar-refractivity contribution < 1.29 is 37.5 Å². The first-order valence-corrected chi connectivity index (χ1v) is 11.9. The van der Waals surface area contributed by atoms with Crippen molar-refractivity contribution in [2.24, 2.45) is 5.73 Å². The van der Waals surface area contributed by atoms with E-state index in [-0.39, 0.29) is 50.3 Å². The molecule has 0 saturated carbocycles. The van der Waals surface area contributed by atoms with E-state index in [9.17, 15) is 9.46 Å². The Morgan fingerprint density at radius 1 is 1.17 bits per heavy atom. The lowest BCUT2D eigenvalue weighted by Crippen LogP contribution is -2.51. The molecular formula is C19H38NO8P. The topological polar surface area (TPSA) is 119 Å². The summed E-state index contributed by atoms with van der Waals surface area (Å²) in [6.07, 6.45) is -0.408. The van der Waals surface area contributed by atoms with Crippen LogP contribution in [0.2, 0.25) is 0 Å². The molecule has 0 aromatic heterocycles. The third-order valence-corrected chi connectivity index (χ3v) is 6.07. The van der Waals surface area contributed by atoms with Crippen molar-refractivity contribution in [1.29, 1.82) is 0 Å². The van der Waals surface area contributed by atoms with Gasteiger partial charge in [0.25, 0.3) is 0 Å². The minimum atomic E-state index is -4.37. The summed E-state index contributed by atoms with van der Waals surface area (Å²) in [6.45, 7) is 11.7. The van der Waals surface area contributed by atoms with Crippen molar-refractivity contribution in [3.8, 4) is 0 Å². The molecule has 2 rings (SSSR count). The van der Waals surface area contributed by atoms with Crippen molar-refractivity contribution in [2.75, 3.05) is 19.8 Å². The van der Waals surface area contributed by atoms with Crippen molar-refractivity contribution in [3.05, 3.63) is 0 Å². The van der Waals surface area contributed by atoms with E-state index in [0.717, 1.165) is 0 Å². The van der Waals surface area contributed by atoms with Crippen LogP contribution in [-0.2, 0) is 32.6 Å². The van der Waals surface area contributed by atoms with Crippen LogP contribution in [0.1, 0.15) is 54.4 Å². The van der Waals surface area contributed by atoms with Gasteiger partial charge in [-0.2, -0.15) is 0 Å². The summed E-state index contributed by atoms with van der Waals surface area (Å²) in [4.78, 5) is 10.3. The summed E-state index contributed by atoms with van der Waals surface area (Å²) in [5.41, 5.74) is 4.95. The fourth-order valence-corrected chi connectivity index (χ4v) is 4.77. The summed E-state index contributed by atoms with van der Waals surface area (Å²) in [6, 6.07) is 0. The van der Waals surface area contributed by atoms with Crippen LogP contribution in [0.4, 0.5) is 0 Å². The van der Waals surface area contributed by atoms with Crippen LogP contribution in [0, 0.1) is 0 Å². The molecule has 0 radical (unpaired) electrons. The molecule has 29 heavy (non-hydrogen) atoms. The molecule has 0 spiro atoms. The molecule has 2 fully saturated rings. The first kappa shape index (κ1) is 25.2. The fourth-order valence-electron chi connectivity index (χ4n) is 3.77. The van der Waals surface area contributed by atoms with Crippen LogP contribution in [0.3, 0.4) is 0 Å². The SMILES string of the molecule is CC(C)OC[C@@]1(CN)O[C@@H](C)C[C@H]1OP(=O)(O)OCC1O[C@@H](C)C[C@H]1OC(C)C. The van der Waals surface area contributed by atoms with Crippen LogP contribution in [0.15, 0.2) is 0 Å². The van der Waals surface area contributed by atoms with Gasteiger partial charge in [-0.3, -0.25) is 9.05 Å². The van der Waals surface area contributed by atoms with Gasteiger partial charge in [0.05, 0.1) is 43.7 Å². The molecule has 0 aromatic carbocycles. The first-order valence-electron chi connectivity index (χ1n) is 10.4. The molecule has 7 atom stereocenters. The van der Waals surface area contributed by atoms with Crippen LogP contribution in [-0.4, -0.2) is 73.0 Å². The minimum Gasteiger partial charge on any atom is -0.376 e. The van der Waals surface area contributed by atoms with E-state index in [4.69, 9.17) is 33.7 Å². The Morgan fingerprint density at radius 2 is 1.86 bits per heavy atom. The Balaban J connectivity index is 1.98. The predicted octanol–water partition coefficient (Wildman–Crippen LogP) is 2.39. The van der Waals surface area contributed by atoms with Gasteiger partial charge >= 0.3 is 7.82 Å². The zero-order valence-corrected chi connectivity index (χ0v) is 19.3. The van der Waals surface area contributed by atoms with Crippen LogP contribution in [0.5, 0.6) is 0 Å². The van der Waals surface area contributed by atoms with Crippen molar-refractivity contribution in [1.82, 2.24) is 0 Å². The Kier molecular flexibility index (Phi) is 9.10. The highest BCUT2D eigenvalue weighted by Gasteiger charge is 2.51. The first-order chi connectivity index (χ1) is 13.5. The molecule has 9 nitrogen and oxygen atoms in total. The normalized spacial score (nSPS) is 37.5. The maximum atomic E-state index is 12.7. The van der Waals surface area contributed by atoms with Crippen molar-refractivity contribution in [2.45, 2.75) is 103 Å². The van der Waals surface area contributed by atoms with Gasteiger partial charge in [-0.1, -0.05) is 0 Å². The number of ether oxygens (including phenoxy) is 4. The van der Waals surface area contributed by atoms with E-state index in [1.165, 1.54) is 0 Å². The molecule has 2 unspecified atom stereocenters. The molecule has 2 aliphatic rings. The number of hydrogen-bond acceptors (Lipinski definition) is 8. The van der Waals surface area contributed by atoms with E-state index in [1.54, 1.807) is 0 Å². The smallest absolute Gasteiger partial charge is 0.376 e. The molecule has 172 valence electrons. The van der Waals surface area contributed by atoms with E-state index in [0.29, 0.717) is 12.8 Å². The van der Waals surface area contributed by atoms with Gasteiger partial charge in [-0.25, -0.2) is 4.57 Å². The van der Waals surface area contributed by atoms with Gasteiger partial charge < -0.3 is 29.6 Å². The van der Waals surface area contributed by atoms with E-state index in [1.807, 2.05) is 41.5 Å². The Hall–Kier alpha value is -0.0900. The molecule has 3 N–H and O–H groups in total. The molecule has 0 aromatic rings. The van der Waals surface area contributed by atoms with E-state index >= 15 is 0 Å². The monoisotopic (exact) mass is 439 g/mol. The fraction of sp³-hybridized carbons (Fsp3) is 1.00. The third-order valence-electron chi connectivity index (χ3n) is 5.07. The number of phosphoric acid groups is 1. The summed E-state index contributed by atoms with van der Waals surface area (Å²) < 4.78 is 46.7. The van der Waals surface area contributed by atoms with Crippen LogP contribution in [0.25, 0.3) is 0 Å². The summed E-state index contributed by atoms with van der Waals surface area (Å²) >= 11 is 0. The Bertz CT molecular complexity index is 562. The molecule has 2 heterocycles. The zero-order valence-electron chi connectivity index (χ0n) is 18.4. The predicted molar refractivity (Wildman–Crippen MR) is 108 cm³/mol. The lowest BCUT2D eigenvalue weighted by Gasteiger charge is -2.34. The quantitative estimate of drug-likeness (QED) is 0.468. The highest BCUT2D eigenvalue weighted by Crippen LogP contribution is 2.50. The third kappa shape index (κ3) is 7.23. The number of phosphoric ester groups is 1. The highest BCUT2D eigenvalue weighted by atomic mass is 31.2. The van der Waals surface area contributed by atoms with Gasteiger partial charge in [-0.15, -0.1) is 0 Å². The standard InChI is InChI=1S/C19H38NO8P/c1-12(2)23-11-19(10-20)18(8-15(6)27-19)28-29(21,22)24-9-17-16(25-13(3)4)7-14(5)26-17/h12-18H,7-11,20H2,1-6H3,(H,21,22)/t14-,15-,16+,17?,18+,19+/m0/s1. The van der Waals surface area contributed by atoms with Gasteiger partial charge in [0.2, 0.25) is 0 Å². The lowest BCUT2D eigenvalue weighted by molar-refractivity contribution is -0.126. The molecular weight excluding hydrogens is 401 g/mol. The van der Waals surface area contributed by atoms with Crippen LogP contribution < -0.4 is 5.73 Å². The maximum absolute atomic E-state index is 12.7.